The molecule has 0 bridgehead atoms. The van der Waals surface area contributed by atoms with Crippen molar-refractivity contribution in [3.63, 3.8) is 0 Å². The van der Waals surface area contributed by atoms with Crippen LogP contribution in [0.1, 0.15) is 39.4 Å². The predicted molar refractivity (Wildman–Crippen MR) is 120 cm³/mol. The van der Waals surface area contributed by atoms with Crippen LogP contribution < -0.4 is 10.6 Å². The first kappa shape index (κ1) is 20.6. The summed E-state index contributed by atoms with van der Waals surface area (Å²) in [6.07, 6.45) is -1.23. The molecule has 0 aromatic carbocycles. The summed E-state index contributed by atoms with van der Waals surface area (Å²) in [5, 5.41) is 7.25. The van der Waals surface area contributed by atoms with Gasteiger partial charge in [-0.3, -0.25) is 5.10 Å². The van der Waals surface area contributed by atoms with Gasteiger partial charge < -0.3 is 10.6 Å². The van der Waals surface area contributed by atoms with Crippen LogP contribution in [0.2, 0.25) is 0 Å². The van der Waals surface area contributed by atoms with Crippen molar-refractivity contribution in [1.82, 2.24) is 20.2 Å². The fourth-order valence-corrected chi connectivity index (χ4v) is 4.19. The summed E-state index contributed by atoms with van der Waals surface area (Å²) in [5.74, 6) is 1.30. The fourth-order valence-electron chi connectivity index (χ4n) is 4.19. The lowest BCUT2D eigenvalue weighted by molar-refractivity contribution is -0.137. The van der Waals surface area contributed by atoms with E-state index in [1.54, 1.807) is 18.3 Å². The first-order chi connectivity index (χ1) is 14.2. The summed E-state index contributed by atoms with van der Waals surface area (Å²) < 4.78 is 41.3. The summed E-state index contributed by atoms with van der Waals surface area (Å²) in [6.45, 7) is 5.65. The maximum atomic E-state index is 13.8. The highest BCUT2D eigenvalue weighted by atomic mass is 19.4. The highest BCUT2D eigenvalue weighted by molar-refractivity contribution is 5.90. The van der Waals surface area contributed by atoms with E-state index < -0.39 is 11.7 Å². The lowest BCUT2D eigenvalue weighted by Crippen LogP contribution is -2.47. The van der Waals surface area contributed by atoms with Crippen molar-refractivity contribution < 1.29 is 20.3 Å². The number of fused-ring (bicyclic) bond motifs is 1. The molecular formula is C21H35F3N6. The van der Waals surface area contributed by atoms with Gasteiger partial charge in [0.1, 0.15) is 11.5 Å². The molecule has 30 heavy (non-hydrogen) atoms. The smallest absolute Gasteiger partial charge is 0.356 e. The second-order valence-electron chi connectivity index (χ2n) is 8.32. The van der Waals surface area contributed by atoms with Crippen LogP contribution in [-0.4, -0.2) is 39.3 Å². The van der Waals surface area contributed by atoms with E-state index >= 15 is 0 Å². The summed E-state index contributed by atoms with van der Waals surface area (Å²) >= 11 is 0. The Bertz CT molecular complexity index is 1050. The summed E-state index contributed by atoms with van der Waals surface area (Å²) in [7, 11) is 0. The number of nitrogens with one attached hydrogen (secondary N) is 1. The Labute approximate surface area is 180 Å². The number of pyridine rings is 2. The van der Waals surface area contributed by atoms with Crippen molar-refractivity contribution in [2.45, 2.75) is 38.9 Å². The molecule has 3 aromatic rings. The maximum Gasteiger partial charge on any atom is 0.418 e. The van der Waals surface area contributed by atoms with Gasteiger partial charge in [0.25, 0.3) is 0 Å². The zero-order valence-electron chi connectivity index (χ0n) is 16.9. The molecule has 4 rings (SSSR count). The number of H-pyrrole nitrogens is 1. The topological polar surface area (TPSA) is 83.7 Å². The second kappa shape index (κ2) is 7.86. The molecule has 2 atom stereocenters. The minimum Gasteiger partial charge on any atom is -0.356 e. The number of aromatic nitrogens is 4. The van der Waals surface area contributed by atoms with Crippen LogP contribution in [0.4, 0.5) is 19.0 Å². The molecule has 170 valence electrons. The highest BCUT2D eigenvalue weighted by Crippen LogP contribution is 2.39. The van der Waals surface area contributed by atoms with Gasteiger partial charge in [-0.2, -0.15) is 18.3 Å². The van der Waals surface area contributed by atoms with Crippen molar-refractivity contribution in [2.24, 2.45) is 17.6 Å². The number of hydrogen-bond donors (Lipinski definition) is 2. The molecule has 1 aliphatic heterocycles. The number of aromatic amines is 1. The molecule has 9 heteroatoms. The molecule has 3 aromatic heterocycles. The Hall–Kier alpha value is -2.68. The molecule has 1 fully saturated rings. The minimum atomic E-state index is -4.54. The monoisotopic (exact) mass is 428 g/mol. The average molecular weight is 429 g/mol. The van der Waals surface area contributed by atoms with Gasteiger partial charge in [0.05, 0.1) is 11.3 Å². The quantitative estimate of drug-likeness (QED) is 0.576. The van der Waals surface area contributed by atoms with E-state index in [1.165, 1.54) is 6.07 Å². The van der Waals surface area contributed by atoms with Crippen molar-refractivity contribution in [1.29, 1.82) is 0 Å². The Morgan fingerprint density at radius 2 is 2.10 bits per heavy atom. The number of rotatable bonds is 4. The van der Waals surface area contributed by atoms with E-state index in [4.69, 9.17) is 5.73 Å². The molecule has 4 heterocycles. The van der Waals surface area contributed by atoms with Gasteiger partial charge in [-0.1, -0.05) is 13.8 Å². The van der Waals surface area contributed by atoms with E-state index in [2.05, 4.69) is 34.0 Å². The van der Waals surface area contributed by atoms with Crippen LogP contribution in [0.15, 0.2) is 30.5 Å². The third kappa shape index (κ3) is 3.98. The summed E-state index contributed by atoms with van der Waals surface area (Å²) in [4.78, 5) is 10.6. The van der Waals surface area contributed by atoms with Crippen LogP contribution in [0.3, 0.4) is 0 Å². The second-order valence-corrected chi connectivity index (χ2v) is 8.32. The Balaban J connectivity index is 0. The van der Waals surface area contributed by atoms with Crippen molar-refractivity contribution in [3.05, 3.63) is 36.0 Å². The molecule has 0 saturated carbocycles. The Kier molecular flexibility index (Phi) is 5.40. The molecule has 0 amide bonds. The first-order valence-electron chi connectivity index (χ1n) is 10.1. The summed E-state index contributed by atoms with van der Waals surface area (Å²) in [5.41, 5.74) is 5.92. The highest BCUT2D eigenvalue weighted by Gasteiger charge is 2.36. The molecule has 1 unspecified atom stereocenters. The fraction of sp³-hybridized carbons (Fsp3) is 0.476. The number of halogens is 3. The van der Waals surface area contributed by atoms with Crippen molar-refractivity contribution in [3.8, 4) is 11.4 Å². The van der Waals surface area contributed by atoms with E-state index in [0.717, 1.165) is 18.9 Å². The lowest BCUT2D eigenvalue weighted by Gasteiger charge is -2.38. The number of anilines is 1. The van der Waals surface area contributed by atoms with Crippen molar-refractivity contribution in [2.75, 3.05) is 18.0 Å². The molecule has 3 N–H and O–H groups in total. The van der Waals surface area contributed by atoms with Gasteiger partial charge in [-0.05, 0) is 48.9 Å². The van der Waals surface area contributed by atoms with Crippen molar-refractivity contribution >= 4 is 16.9 Å². The third-order valence-electron chi connectivity index (χ3n) is 5.64. The molecule has 0 aliphatic carbocycles. The number of hydrogen-bond acceptors (Lipinski definition) is 5. The first-order valence-corrected chi connectivity index (χ1v) is 10.1. The maximum absolute atomic E-state index is 13.8. The SMILES string of the molecule is CC(C)C[C@@H]1CN(c2ccc(C(F)(F)F)c(-c3[nH]nc4ncccc34)n2)CCC1N.[HH].[HH].[HH].[HH].[HH]. The molecular weight excluding hydrogens is 393 g/mol. The van der Waals surface area contributed by atoms with Crippen LogP contribution in [0.25, 0.3) is 22.4 Å². The third-order valence-corrected chi connectivity index (χ3v) is 5.64. The number of nitrogens with zero attached hydrogens (tertiary/aromatic N) is 4. The van der Waals surface area contributed by atoms with E-state index in [9.17, 15) is 13.2 Å². The largest absolute Gasteiger partial charge is 0.418 e. The molecule has 1 saturated heterocycles. The van der Waals surface area contributed by atoms with Gasteiger partial charge in [0.15, 0.2) is 5.65 Å². The predicted octanol–water partition coefficient (Wildman–Crippen LogP) is 5.47. The van der Waals surface area contributed by atoms with Crippen LogP contribution in [0, 0.1) is 11.8 Å². The van der Waals surface area contributed by atoms with E-state index in [0.29, 0.717) is 35.9 Å². The van der Waals surface area contributed by atoms with Gasteiger partial charge in [0, 0.05) is 37.8 Å². The molecule has 1 aliphatic rings. The lowest BCUT2D eigenvalue weighted by atomic mass is 9.86. The number of alkyl halides is 3. The van der Waals surface area contributed by atoms with Crippen LogP contribution in [-0.2, 0) is 6.18 Å². The van der Waals surface area contributed by atoms with Gasteiger partial charge in [-0.25, -0.2) is 9.97 Å². The number of nitrogens with two attached hydrogens (primary N) is 1. The van der Waals surface area contributed by atoms with Crippen LogP contribution in [0.5, 0.6) is 0 Å². The molecule has 0 spiro atoms. The standard InChI is InChI=1S/C21H25F3N6.5H2/c1-12(2)10-13-11-30(9-7-16(13)25)17-6-5-15(21(22,23)24)19(27-17)18-14-4-3-8-26-20(14)29-28-18;;;;;/h3-6,8,12-13,16H,7,9-11,25H2,1-2H3,(H,26,28,29);5*1H/t13-,16?;;;;;/m1...../s1. The normalized spacial score (nSPS) is 20.3. The Morgan fingerprint density at radius 3 is 2.83 bits per heavy atom. The van der Waals surface area contributed by atoms with Crippen LogP contribution >= 0.6 is 0 Å². The van der Waals surface area contributed by atoms with E-state index in [-0.39, 0.29) is 30.5 Å². The minimum absolute atomic E-state index is 0. The number of piperidine rings is 1. The average Bonchev–Trinajstić information content (AvgIpc) is 3.12. The Morgan fingerprint density at radius 1 is 1.30 bits per heavy atom. The zero-order chi connectivity index (χ0) is 21.5. The summed E-state index contributed by atoms with van der Waals surface area (Å²) in [6, 6.07) is 6.01. The zero-order valence-corrected chi connectivity index (χ0v) is 16.9. The van der Waals surface area contributed by atoms with E-state index in [1.807, 2.05) is 4.90 Å². The van der Waals surface area contributed by atoms with Gasteiger partial charge in [0.2, 0.25) is 0 Å². The van der Waals surface area contributed by atoms with Gasteiger partial charge >= 0.3 is 6.18 Å². The van der Waals surface area contributed by atoms with Gasteiger partial charge in [-0.15, -0.1) is 0 Å². The molecule has 6 nitrogen and oxygen atoms in total. The molecule has 0 radical (unpaired) electrons.